The van der Waals surface area contributed by atoms with Crippen LogP contribution in [-0.4, -0.2) is 5.91 Å². The van der Waals surface area contributed by atoms with Crippen LogP contribution in [0, 0.1) is 11.3 Å². The number of hydrogen-bond acceptors (Lipinski definition) is 6. The lowest BCUT2D eigenvalue weighted by molar-refractivity contribution is -0.323. The van der Waals surface area contributed by atoms with Gasteiger partial charge in [0.15, 0.2) is 10.4 Å². The maximum Gasteiger partial charge on any atom is 0.290 e. The molecule has 1 aromatic carbocycles. The number of nitrogen functional groups attached to an aromatic ring is 2. The number of halogens is 1. The van der Waals surface area contributed by atoms with Crippen molar-refractivity contribution in [1.82, 2.24) is 0 Å². The monoisotopic (exact) mass is 426 g/mol. The fourth-order valence-electron chi connectivity index (χ4n) is 2.90. The largest absolute Gasteiger partial charge is 0.397 e. The van der Waals surface area contributed by atoms with Gasteiger partial charge in [-0.1, -0.05) is 29.0 Å². The van der Waals surface area contributed by atoms with Gasteiger partial charge in [0.25, 0.3) is 11.7 Å². The third kappa shape index (κ3) is 3.05. The fourth-order valence-corrected chi connectivity index (χ4v) is 4.84. The fraction of sp³-hybridized carbons (Fsp3) is 0. The molecule has 28 heavy (non-hydrogen) atoms. The topological polar surface area (TPSA) is 119 Å². The van der Waals surface area contributed by atoms with Crippen molar-refractivity contribution in [1.29, 1.82) is 5.26 Å². The summed E-state index contributed by atoms with van der Waals surface area (Å²) in [5.41, 5.74) is 14.3. The van der Waals surface area contributed by atoms with E-state index in [2.05, 4.69) is 16.4 Å². The van der Waals surface area contributed by atoms with E-state index in [4.69, 9.17) is 23.1 Å². The molecule has 0 aliphatic rings. The van der Waals surface area contributed by atoms with Crippen LogP contribution in [0.5, 0.6) is 0 Å². The summed E-state index contributed by atoms with van der Waals surface area (Å²) in [5, 5.41) is 15.5. The highest BCUT2D eigenvalue weighted by molar-refractivity contribution is 7.21. The van der Waals surface area contributed by atoms with E-state index >= 15 is 0 Å². The Bertz CT molecular complexity index is 1240. The third-order valence-electron chi connectivity index (χ3n) is 4.15. The molecule has 6 N–H and O–H groups in total. The van der Waals surface area contributed by atoms with E-state index in [9.17, 15) is 10.1 Å². The number of carbonyl (C=O) groups is 1. The standard InChI is InChI=1S/C19H12ClN5OS2/c20-9-3-5-10(6-4-9)24-18(26)16-15(22)14-13(12-2-1-7-27-12)11(8-21)17(23)25-19(14)28-16/h1-7H,22H2,(H2,23,25)(H,24,26)/p+1. The first kappa shape index (κ1) is 18.3. The first-order valence-corrected chi connectivity index (χ1v) is 10.1. The number of nitriles is 1. The Kier molecular flexibility index (Phi) is 4.65. The molecule has 6 nitrogen and oxygen atoms in total. The highest BCUT2D eigenvalue weighted by Gasteiger charge is 2.27. The Morgan fingerprint density at radius 2 is 1.96 bits per heavy atom. The maximum atomic E-state index is 12.8. The van der Waals surface area contributed by atoms with Crippen LogP contribution in [0.3, 0.4) is 0 Å². The molecule has 3 aromatic heterocycles. The van der Waals surface area contributed by atoms with Gasteiger partial charge in [-0.05, 0) is 35.7 Å². The number of nitrogens with zero attached hydrogens (tertiary/aromatic N) is 1. The molecule has 0 saturated heterocycles. The number of amides is 1. The van der Waals surface area contributed by atoms with Gasteiger partial charge in [0.1, 0.15) is 10.9 Å². The zero-order valence-corrected chi connectivity index (χ0v) is 16.6. The van der Waals surface area contributed by atoms with Crippen molar-refractivity contribution >= 4 is 67.6 Å². The molecular formula is C19H13ClN5OS2+. The molecule has 0 fully saturated rings. The Labute approximate surface area is 173 Å². The number of nitrogens with one attached hydrogen (secondary N) is 2. The summed E-state index contributed by atoms with van der Waals surface area (Å²) in [6, 6.07) is 12.7. The second-order valence-corrected chi connectivity index (χ2v) is 8.29. The number of carbonyl (C=O) groups excluding carboxylic acids is 1. The molecule has 0 atom stereocenters. The molecule has 0 aliphatic carbocycles. The van der Waals surface area contributed by atoms with Crippen LogP contribution in [0.15, 0.2) is 41.8 Å². The predicted molar refractivity (Wildman–Crippen MR) is 115 cm³/mol. The minimum Gasteiger partial charge on any atom is -0.397 e. The molecule has 3 heterocycles. The first-order chi connectivity index (χ1) is 13.5. The van der Waals surface area contributed by atoms with Crippen LogP contribution in [-0.2, 0) is 0 Å². The molecule has 0 spiro atoms. The number of hydrogen-bond donors (Lipinski definition) is 3. The van der Waals surface area contributed by atoms with E-state index in [1.165, 1.54) is 22.7 Å². The SMILES string of the molecule is N#Cc1c(N)[nH+]c2sc(C(=O)Nc3ccc(Cl)cc3)c(N)c2c1-c1cccs1. The average molecular weight is 427 g/mol. The van der Waals surface area contributed by atoms with E-state index in [1.807, 2.05) is 17.5 Å². The van der Waals surface area contributed by atoms with Gasteiger partial charge >= 0.3 is 0 Å². The molecular weight excluding hydrogens is 414 g/mol. The lowest BCUT2D eigenvalue weighted by atomic mass is 10.0. The molecule has 0 aliphatic heterocycles. The number of anilines is 3. The number of thiophene rings is 2. The third-order valence-corrected chi connectivity index (χ3v) is 6.41. The molecule has 0 saturated carbocycles. The van der Waals surface area contributed by atoms with Crippen LogP contribution in [0.2, 0.25) is 5.02 Å². The molecule has 4 rings (SSSR count). The number of pyridine rings is 1. The van der Waals surface area contributed by atoms with Crippen molar-refractivity contribution in [3.63, 3.8) is 0 Å². The normalized spacial score (nSPS) is 10.7. The molecule has 4 aromatic rings. The summed E-state index contributed by atoms with van der Waals surface area (Å²) in [5.74, 6) is -0.104. The Morgan fingerprint density at radius 1 is 1.21 bits per heavy atom. The number of rotatable bonds is 3. The minimum absolute atomic E-state index is 0.240. The molecule has 1 amide bonds. The number of aromatic nitrogens is 1. The highest BCUT2D eigenvalue weighted by Crippen LogP contribution is 2.42. The van der Waals surface area contributed by atoms with Crippen LogP contribution in [0.25, 0.3) is 20.7 Å². The summed E-state index contributed by atoms with van der Waals surface area (Å²) in [4.78, 5) is 17.6. The van der Waals surface area contributed by atoms with Crippen molar-refractivity contribution in [2.24, 2.45) is 0 Å². The number of benzene rings is 1. The average Bonchev–Trinajstić information content (AvgIpc) is 3.31. The minimum atomic E-state index is -0.344. The summed E-state index contributed by atoms with van der Waals surface area (Å²) in [7, 11) is 0. The van der Waals surface area contributed by atoms with E-state index < -0.39 is 0 Å². The zero-order chi connectivity index (χ0) is 19.8. The second kappa shape index (κ2) is 7.13. The van der Waals surface area contributed by atoms with E-state index in [1.54, 1.807) is 24.3 Å². The van der Waals surface area contributed by atoms with Gasteiger partial charge in [-0.3, -0.25) is 10.5 Å². The highest BCUT2D eigenvalue weighted by atomic mass is 35.5. The van der Waals surface area contributed by atoms with Crippen molar-refractivity contribution in [2.45, 2.75) is 0 Å². The van der Waals surface area contributed by atoms with Gasteiger partial charge in [0.2, 0.25) is 0 Å². The van der Waals surface area contributed by atoms with Gasteiger partial charge in [-0.15, -0.1) is 11.3 Å². The smallest absolute Gasteiger partial charge is 0.290 e. The summed E-state index contributed by atoms with van der Waals surface area (Å²) < 4.78 is 0. The first-order valence-electron chi connectivity index (χ1n) is 8.07. The molecule has 138 valence electrons. The van der Waals surface area contributed by atoms with Gasteiger partial charge in [-0.25, -0.2) is 4.98 Å². The Morgan fingerprint density at radius 3 is 2.61 bits per heavy atom. The van der Waals surface area contributed by atoms with E-state index in [-0.39, 0.29) is 11.7 Å². The number of aromatic amines is 1. The van der Waals surface area contributed by atoms with Gasteiger partial charge in [0, 0.05) is 21.2 Å². The maximum absolute atomic E-state index is 12.8. The number of fused-ring (bicyclic) bond motifs is 1. The molecule has 0 bridgehead atoms. The lowest BCUT2D eigenvalue weighted by Crippen LogP contribution is -2.13. The van der Waals surface area contributed by atoms with Crippen molar-refractivity contribution in [2.75, 3.05) is 16.8 Å². The van der Waals surface area contributed by atoms with Crippen LogP contribution >= 0.6 is 34.3 Å². The van der Waals surface area contributed by atoms with Crippen LogP contribution in [0.4, 0.5) is 17.2 Å². The van der Waals surface area contributed by atoms with Crippen molar-refractivity contribution in [3.8, 4) is 16.5 Å². The molecule has 0 radical (unpaired) electrons. The van der Waals surface area contributed by atoms with E-state index in [0.29, 0.717) is 42.6 Å². The van der Waals surface area contributed by atoms with Gasteiger partial charge in [-0.2, -0.15) is 5.26 Å². The van der Waals surface area contributed by atoms with Crippen molar-refractivity contribution < 1.29 is 9.78 Å². The number of nitrogens with two attached hydrogens (primary N) is 2. The van der Waals surface area contributed by atoms with Crippen molar-refractivity contribution in [3.05, 3.63) is 57.2 Å². The summed E-state index contributed by atoms with van der Waals surface area (Å²) in [6.07, 6.45) is 0. The van der Waals surface area contributed by atoms with Gasteiger partial charge in [0.05, 0.1) is 11.1 Å². The zero-order valence-electron chi connectivity index (χ0n) is 14.2. The summed E-state index contributed by atoms with van der Waals surface area (Å²) >= 11 is 8.55. The quantitative estimate of drug-likeness (QED) is 0.450. The lowest BCUT2D eigenvalue weighted by Gasteiger charge is -2.06. The predicted octanol–water partition coefficient (Wildman–Crippen LogP) is 4.39. The molecule has 0 unspecified atom stereocenters. The Hall–Kier alpha value is -3.12. The van der Waals surface area contributed by atoms with Gasteiger partial charge < -0.3 is 11.1 Å². The second-order valence-electron chi connectivity index (χ2n) is 5.89. The summed E-state index contributed by atoms with van der Waals surface area (Å²) in [6.45, 7) is 0. The Balaban J connectivity index is 1.87. The number of H-pyrrole nitrogens is 1. The van der Waals surface area contributed by atoms with Crippen LogP contribution in [0.1, 0.15) is 15.2 Å². The van der Waals surface area contributed by atoms with E-state index in [0.717, 1.165) is 4.88 Å². The molecule has 9 heteroatoms. The van der Waals surface area contributed by atoms with Crippen LogP contribution < -0.4 is 21.8 Å².